The van der Waals surface area contributed by atoms with Crippen LogP contribution in [0.5, 0.6) is 0 Å². The molecule has 0 aliphatic heterocycles. The van der Waals surface area contributed by atoms with E-state index in [1.54, 1.807) is 12.1 Å². The summed E-state index contributed by atoms with van der Waals surface area (Å²) < 4.78 is 5.14. The number of carbonyl (C=O) groups excluding carboxylic acids is 2. The topological polar surface area (TPSA) is 43.4 Å². The van der Waals surface area contributed by atoms with Crippen LogP contribution >= 0.6 is 0 Å². The summed E-state index contributed by atoms with van der Waals surface area (Å²) in [7, 11) is 0. The van der Waals surface area contributed by atoms with Crippen LogP contribution in [0.3, 0.4) is 0 Å². The maximum absolute atomic E-state index is 12.4. The van der Waals surface area contributed by atoms with Crippen LogP contribution in [-0.2, 0) is 30.4 Å². The number of rotatable bonds is 8. The Morgan fingerprint density at radius 2 is 1.07 bits per heavy atom. The molecule has 27 heavy (non-hydrogen) atoms. The van der Waals surface area contributed by atoms with E-state index in [0.29, 0.717) is 11.1 Å². The summed E-state index contributed by atoms with van der Waals surface area (Å²) in [6.45, 7) is 8.41. The molecular weight excluding hydrogens is 336 g/mol. The van der Waals surface area contributed by atoms with Gasteiger partial charge in [-0.25, -0.2) is 9.59 Å². The van der Waals surface area contributed by atoms with E-state index in [1.807, 2.05) is 24.3 Å². The predicted octanol–water partition coefficient (Wildman–Crippen LogP) is 5.71. The Kier molecular flexibility index (Phi) is 7.78. The zero-order valence-electron chi connectivity index (χ0n) is 16.9. The lowest BCUT2D eigenvalue weighted by Crippen LogP contribution is -2.14. The number of hydrogen-bond acceptors (Lipinski definition) is 3. The van der Waals surface area contributed by atoms with Crippen LogP contribution in [0, 0.1) is 0 Å². The van der Waals surface area contributed by atoms with Gasteiger partial charge in [0.15, 0.2) is 0 Å². The molecule has 0 saturated carbocycles. The van der Waals surface area contributed by atoms with Crippen molar-refractivity contribution in [3.63, 3.8) is 0 Å². The highest BCUT2D eigenvalue weighted by molar-refractivity contribution is 6.02. The Balaban J connectivity index is 2.17. The summed E-state index contributed by atoms with van der Waals surface area (Å²) in [5.41, 5.74) is 5.63. The van der Waals surface area contributed by atoms with Gasteiger partial charge in [-0.3, -0.25) is 0 Å². The van der Waals surface area contributed by atoms with Gasteiger partial charge in [0.05, 0.1) is 11.1 Å². The first-order chi connectivity index (χ1) is 13.0. The highest BCUT2D eigenvalue weighted by Gasteiger charge is 2.17. The van der Waals surface area contributed by atoms with Crippen molar-refractivity contribution in [1.29, 1.82) is 0 Å². The van der Waals surface area contributed by atoms with E-state index in [4.69, 9.17) is 4.74 Å². The summed E-state index contributed by atoms with van der Waals surface area (Å²) in [6.07, 6.45) is 5.79. The first-order valence-electron chi connectivity index (χ1n) is 10.0. The van der Waals surface area contributed by atoms with Crippen LogP contribution in [0.25, 0.3) is 0 Å². The molecule has 0 spiro atoms. The SMILES string of the molecule is CCCc1ccc(C(=O)OC(=O)c2ccc(CCC)c(CC)c2)cc1CC. The molecule has 0 atom stereocenters. The van der Waals surface area contributed by atoms with Gasteiger partial charge in [0.25, 0.3) is 0 Å². The van der Waals surface area contributed by atoms with Crippen LogP contribution in [0.4, 0.5) is 0 Å². The fourth-order valence-corrected chi connectivity index (χ4v) is 3.39. The Morgan fingerprint density at radius 1 is 0.667 bits per heavy atom. The van der Waals surface area contributed by atoms with E-state index in [2.05, 4.69) is 27.7 Å². The molecule has 3 nitrogen and oxygen atoms in total. The average Bonchev–Trinajstić information content (AvgIpc) is 2.68. The molecule has 0 N–H and O–H groups in total. The van der Waals surface area contributed by atoms with Crippen molar-refractivity contribution in [3.8, 4) is 0 Å². The average molecular weight is 367 g/mol. The first kappa shape index (κ1) is 20.9. The van der Waals surface area contributed by atoms with E-state index in [9.17, 15) is 9.59 Å². The minimum atomic E-state index is -0.589. The number of hydrogen-bond donors (Lipinski definition) is 0. The molecular formula is C24H30O3. The Bertz CT molecular complexity index is 738. The van der Waals surface area contributed by atoms with E-state index >= 15 is 0 Å². The second-order valence-corrected chi connectivity index (χ2v) is 6.85. The van der Waals surface area contributed by atoms with Crippen LogP contribution in [0.1, 0.15) is 83.5 Å². The largest absolute Gasteiger partial charge is 0.386 e. The lowest BCUT2D eigenvalue weighted by Gasteiger charge is -2.11. The first-order valence-corrected chi connectivity index (χ1v) is 10.0. The summed E-state index contributed by atoms with van der Waals surface area (Å²) in [5.74, 6) is -1.18. The van der Waals surface area contributed by atoms with Gasteiger partial charge in [-0.2, -0.15) is 0 Å². The maximum atomic E-state index is 12.4. The lowest BCUT2D eigenvalue weighted by atomic mass is 9.98. The van der Waals surface area contributed by atoms with Gasteiger partial charge in [0, 0.05) is 0 Å². The summed E-state index contributed by atoms with van der Waals surface area (Å²) in [4.78, 5) is 24.9. The van der Waals surface area contributed by atoms with Gasteiger partial charge >= 0.3 is 11.9 Å². The zero-order chi connectivity index (χ0) is 19.8. The normalized spacial score (nSPS) is 10.7. The molecule has 0 radical (unpaired) electrons. The fraction of sp³-hybridized carbons (Fsp3) is 0.417. The number of carbonyl (C=O) groups is 2. The van der Waals surface area contributed by atoms with Gasteiger partial charge in [-0.15, -0.1) is 0 Å². The Hall–Kier alpha value is -2.42. The van der Waals surface area contributed by atoms with Crippen molar-refractivity contribution in [2.24, 2.45) is 0 Å². The van der Waals surface area contributed by atoms with Crippen LogP contribution in [0.15, 0.2) is 36.4 Å². The third kappa shape index (κ3) is 5.29. The number of benzene rings is 2. The molecule has 0 aromatic heterocycles. The standard InChI is InChI=1S/C24H30O3/c1-5-9-19-11-13-21(15-17(19)7-3)23(25)27-24(26)22-14-12-20(10-6-2)18(8-4)16-22/h11-16H,5-10H2,1-4H3. The molecule has 0 unspecified atom stereocenters. The van der Waals surface area contributed by atoms with Crippen molar-refractivity contribution < 1.29 is 14.3 Å². The molecule has 2 aromatic carbocycles. The molecule has 0 heterocycles. The molecule has 2 rings (SSSR count). The van der Waals surface area contributed by atoms with E-state index in [0.717, 1.165) is 49.7 Å². The molecule has 0 bridgehead atoms. The monoisotopic (exact) mass is 366 g/mol. The highest BCUT2D eigenvalue weighted by atomic mass is 16.6. The smallest absolute Gasteiger partial charge is 0.346 e. The Morgan fingerprint density at radius 3 is 1.41 bits per heavy atom. The lowest BCUT2D eigenvalue weighted by molar-refractivity contribution is 0.0397. The number of aryl methyl sites for hydroxylation is 4. The molecule has 0 saturated heterocycles. The molecule has 0 aliphatic rings. The zero-order valence-corrected chi connectivity index (χ0v) is 16.9. The molecule has 3 heteroatoms. The molecule has 0 aliphatic carbocycles. The molecule has 0 fully saturated rings. The van der Waals surface area contributed by atoms with Crippen LogP contribution < -0.4 is 0 Å². The van der Waals surface area contributed by atoms with Crippen LogP contribution in [-0.4, -0.2) is 11.9 Å². The van der Waals surface area contributed by atoms with Crippen molar-refractivity contribution in [2.75, 3.05) is 0 Å². The quantitative estimate of drug-likeness (QED) is 0.444. The van der Waals surface area contributed by atoms with Gasteiger partial charge < -0.3 is 4.74 Å². The number of ether oxygens (including phenoxy) is 1. The second-order valence-electron chi connectivity index (χ2n) is 6.85. The molecule has 2 aromatic rings. The minimum Gasteiger partial charge on any atom is -0.386 e. The summed E-state index contributed by atoms with van der Waals surface area (Å²) in [5, 5.41) is 0. The number of esters is 2. The van der Waals surface area contributed by atoms with Crippen LogP contribution in [0.2, 0.25) is 0 Å². The van der Waals surface area contributed by atoms with Crippen molar-refractivity contribution in [1.82, 2.24) is 0 Å². The van der Waals surface area contributed by atoms with Crippen molar-refractivity contribution in [3.05, 3.63) is 69.8 Å². The van der Waals surface area contributed by atoms with Gasteiger partial charge in [-0.1, -0.05) is 52.7 Å². The maximum Gasteiger partial charge on any atom is 0.346 e. The fourth-order valence-electron chi connectivity index (χ4n) is 3.39. The van der Waals surface area contributed by atoms with Gasteiger partial charge in [-0.05, 0) is 72.2 Å². The molecule has 0 amide bonds. The van der Waals surface area contributed by atoms with E-state index in [1.165, 1.54) is 11.1 Å². The van der Waals surface area contributed by atoms with E-state index in [-0.39, 0.29) is 0 Å². The third-order valence-electron chi connectivity index (χ3n) is 4.87. The third-order valence-corrected chi connectivity index (χ3v) is 4.87. The van der Waals surface area contributed by atoms with Crippen molar-refractivity contribution >= 4 is 11.9 Å². The Labute approximate surface area is 162 Å². The second kappa shape index (κ2) is 10.1. The highest BCUT2D eigenvalue weighted by Crippen LogP contribution is 2.18. The minimum absolute atomic E-state index is 0.429. The van der Waals surface area contributed by atoms with Gasteiger partial charge in [0.2, 0.25) is 0 Å². The summed E-state index contributed by atoms with van der Waals surface area (Å²) in [6, 6.07) is 11.1. The van der Waals surface area contributed by atoms with Crippen molar-refractivity contribution in [2.45, 2.75) is 66.2 Å². The summed E-state index contributed by atoms with van der Waals surface area (Å²) >= 11 is 0. The van der Waals surface area contributed by atoms with Gasteiger partial charge in [0.1, 0.15) is 0 Å². The van der Waals surface area contributed by atoms with E-state index < -0.39 is 11.9 Å². The predicted molar refractivity (Wildman–Crippen MR) is 109 cm³/mol. The molecule has 144 valence electrons.